The molecule has 0 unspecified atom stereocenters. The Hall–Kier alpha value is -0.610. The van der Waals surface area contributed by atoms with Crippen molar-refractivity contribution in [2.45, 2.75) is 44.6 Å². The average Bonchev–Trinajstić information content (AvgIpc) is 2.90. The second kappa shape index (κ2) is 7.10. The highest BCUT2D eigenvalue weighted by atomic mass is 16.5. The molecule has 1 N–H and O–H groups in total. The Labute approximate surface area is 110 Å². The molecule has 1 aliphatic carbocycles. The van der Waals surface area contributed by atoms with E-state index in [-0.39, 0.29) is 12.5 Å². The molecule has 1 heterocycles. The summed E-state index contributed by atoms with van der Waals surface area (Å²) >= 11 is 0. The van der Waals surface area contributed by atoms with E-state index in [1.54, 1.807) is 7.11 Å². The van der Waals surface area contributed by atoms with Crippen LogP contribution in [-0.2, 0) is 9.53 Å². The summed E-state index contributed by atoms with van der Waals surface area (Å²) in [5.74, 6) is 1.03. The summed E-state index contributed by atoms with van der Waals surface area (Å²) in [6, 6.07) is 0.609. The molecule has 0 atom stereocenters. The lowest BCUT2D eigenvalue weighted by Crippen LogP contribution is -2.46. The van der Waals surface area contributed by atoms with Crippen molar-refractivity contribution >= 4 is 5.91 Å². The first-order chi connectivity index (χ1) is 8.79. The Morgan fingerprint density at radius 2 is 1.89 bits per heavy atom. The van der Waals surface area contributed by atoms with Gasteiger partial charge in [-0.2, -0.15) is 0 Å². The first-order valence-corrected chi connectivity index (χ1v) is 7.29. The quantitative estimate of drug-likeness (QED) is 0.806. The fourth-order valence-corrected chi connectivity index (χ4v) is 3.10. The molecule has 0 radical (unpaired) electrons. The number of carbonyl (C=O) groups excluding carboxylic acids is 1. The van der Waals surface area contributed by atoms with Gasteiger partial charge in [-0.3, -0.25) is 4.79 Å². The Bertz CT molecular complexity index is 257. The van der Waals surface area contributed by atoms with Crippen molar-refractivity contribution in [2.75, 3.05) is 33.4 Å². The SMILES string of the molecule is COCC(=O)N1CCC(NCC2CCCC2)CC1. The van der Waals surface area contributed by atoms with Crippen LogP contribution >= 0.6 is 0 Å². The molecule has 0 aromatic carbocycles. The molecular formula is C14H26N2O2. The molecule has 2 aliphatic rings. The minimum atomic E-state index is 0.131. The number of methoxy groups -OCH3 is 1. The van der Waals surface area contributed by atoms with E-state index in [2.05, 4.69) is 5.32 Å². The molecule has 2 rings (SSSR count). The number of ether oxygens (including phenoxy) is 1. The highest BCUT2D eigenvalue weighted by molar-refractivity contribution is 5.77. The number of rotatable bonds is 5. The number of nitrogens with one attached hydrogen (secondary N) is 1. The largest absolute Gasteiger partial charge is 0.375 e. The number of nitrogens with zero attached hydrogens (tertiary/aromatic N) is 1. The molecule has 1 amide bonds. The van der Waals surface area contributed by atoms with Crippen LogP contribution in [-0.4, -0.2) is 50.2 Å². The number of carbonyl (C=O) groups is 1. The maximum Gasteiger partial charge on any atom is 0.248 e. The van der Waals surface area contributed by atoms with Crippen LogP contribution < -0.4 is 5.32 Å². The van der Waals surface area contributed by atoms with Crippen LogP contribution in [0.25, 0.3) is 0 Å². The zero-order valence-corrected chi connectivity index (χ0v) is 11.5. The van der Waals surface area contributed by atoms with Gasteiger partial charge in [-0.1, -0.05) is 12.8 Å². The van der Waals surface area contributed by atoms with E-state index in [1.807, 2.05) is 4.90 Å². The summed E-state index contributed by atoms with van der Waals surface area (Å²) in [5.41, 5.74) is 0. The highest BCUT2D eigenvalue weighted by Crippen LogP contribution is 2.24. The van der Waals surface area contributed by atoms with E-state index in [0.717, 1.165) is 31.8 Å². The molecule has 104 valence electrons. The van der Waals surface area contributed by atoms with Gasteiger partial charge in [0.1, 0.15) is 6.61 Å². The maximum absolute atomic E-state index is 11.7. The summed E-state index contributed by atoms with van der Waals surface area (Å²) < 4.78 is 4.89. The van der Waals surface area contributed by atoms with Crippen molar-refractivity contribution in [1.29, 1.82) is 0 Å². The van der Waals surface area contributed by atoms with Gasteiger partial charge < -0.3 is 15.0 Å². The molecule has 0 bridgehead atoms. The Kier molecular flexibility index (Phi) is 5.45. The minimum absolute atomic E-state index is 0.131. The lowest BCUT2D eigenvalue weighted by atomic mass is 10.0. The van der Waals surface area contributed by atoms with Crippen molar-refractivity contribution in [2.24, 2.45) is 5.92 Å². The molecule has 4 heteroatoms. The third-order valence-electron chi connectivity index (χ3n) is 4.29. The number of piperidine rings is 1. The molecule has 18 heavy (non-hydrogen) atoms. The van der Waals surface area contributed by atoms with Crippen molar-refractivity contribution in [3.8, 4) is 0 Å². The third-order valence-corrected chi connectivity index (χ3v) is 4.29. The summed E-state index contributed by atoms with van der Waals surface area (Å²) in [7, 11) is 1.58. The fraction of sp³-hybridized carbons (Fsp3) is 0.929. The molecule has 2 fully saturated rings. The van der Waals surface area contributed by atoms with E-state index >= 15 is 0 Å². The predicted octanol–water partition coefficient (Wildman–Crippen LogP) is 1.40. The van der Waals surface area contributed by atoms with E-state index in [1.165, 1.54) is 32.2 Å². The average molecular weight is 254 g/mol. The van der Waals surface area contributed by atoms with Gasteiger partial charge >= 0.3 is 0 Å². The van der Waals surface area contributed by atoms with E-state index in [0.29, 0.717) is 6.04 Å². The van der Waals surface area contributed by atoms with E-state index in [4.69, 9.17) is 4.74 Å². The van der Waals surface area contributed by atoms with Gasteiger partial charge in [0.15, 0.2) is 0 Å². The molecule has 0 aromatic rings. The standard InChI is InChI=1S/C14H26N2O2/c1-18-11-14(17)16-8-6-13(7-9-16)15-10-12-4-2-3-5-12/h12-13,15H,2-11H2,1H3. The number of hydrogen-bond donors (Lipinski definition) is 1. The normalized spacial score (nSPS) is 22.6. The molecule has 4 nitrogen and oxygen atoms in total. The fourth-order valence-electron chi connectivity index (χ4n) is 3.10. The van der Waals surface area contributed by atoms with Gasteiger partial charge in [0.2, 0.25) is 5.91 Å². The topological polar surface area (TPSA) is 41.6 Å². The molecule has 1 aliphatic heterocycles. The second-order valence-corrected chi connectivity index (χ2v) is 5.65. The van der Waals surface area contributed by atoms with Crippen LogP contribution in [0.5, 0.6) is 0 Å². The Morgan fingerprint density at radius 3 is 2.50 bits per heavy atom. The molecule has 0 spiro atoms. The van der Waals surface area contributed by atoms with Crippen molar-refractivity contribution in [1.82, 2.24) is 10.2 Å². The van der Waals surface area contributed by atoms with Crippen LogP contribution in [0.2, 0.25) is 0 Å². The lowest BCUT2D eigenvalue weighted by molar-refractivity contribution is -0.136. The minimum Gasteiger partial charge on any atom is -0.375 e. The summed E-state index contributed by atoms with van der Waals surface area (Å²) in [5, 5.41) is 3.69. The van der Waals surface area contributed by atoms with Crippen molar-refractivity contribution in [3.05, 3.63) is 0 Å². The zero-order chi connectivity index (χ0) is 12.8. The Morgan fingerprint density at radius 1 is 1.22 bits per heavy atom. The Balaban J connectivity index is 1.62. The van der Waals surface area contributed by atoms with Gasteiger partial charge in [-0.25, -0.2) is 0 Å². The molecule has 0 aromatic heterocycles. The molecular weight excluding hydrogens is 228 g/mol. The monoisotopic (exact) mass is 254 g/mol. The first kappa shape index (κ1) is 13.8. The van der Waals surface area contributed by atoms with Crippen LogP contribution in [0.3, 0.4) is 0 Å². The van der Waals surface area contributed by atoms with Crippen LogP contribution in [0.15, 0.2) is 0 Å². The van der Waals surface area contributed by atoms with Crippen molar-refractivity contribution < 1.29 is 9.53 Å². The maximum atomic E-state index is 11.7. The predicted molar refractivity (Wildman–Crippen MR) is 71.4 cm³/mol. The third kappa shape index (κ3) is 3.95. The smallest absolute Gasteiger partial charge is 0.248 e. The van der Waals surface area contributed by atoms with Gasteiger partial charge in [-0.05, 0) is 38.1 Å². The summed E-state index contributed by atoms with van der Waals surface area (Å²) in [4.78, 5) is 13.6. The van der Waals surface area contributed by atoms with Crippen LogP contribution in [0.4, 0.5) is 0 Å². The highest BCUT2D eigenvalue weighted by Gasteiger charge is 2.23. The van der Waals surface area contributed by atoms with Gasteiger partial charge in [0.25, 0.3) is 0 Å². The molecule has 1 saturated heterocycles. The van der Waals surface area contributed by atoms with Crippen molar-refractivity contribution in [3.63, 3.8) is 0 Å². The lowest BCUT2D eigenvalue weighted by Gasteiger charge is -2.33. The van der Waals surface area contributed by atoms with Crippen LogP contribution in [0.1, 0.15) is 38.5 Å². The van der Waals surface area contributed by atoms with E-state index < -0.39 is 0 Å². The van der Waals surface area contributed by atoms with Gasteiger partial charge in [0, 0.05) is 26.2 Å². The van der Waals surface area contributed by atoms with E-state index in [9.17, 15) is 4.79 Å². The van der Waals surface area contributed by atoms with Gasteiger partial charge in [-0.15, -0.1) is 0 Å². The number of amides is 1. The molecule has 1 saturated carbocycles. The summed E-state index contributed by atoms with van der Waals surface area (Å²) in [6.07, 6.45) is 7.80. The second-order valence-electron chi connectivity index (χ2n) is 5.65. The number of hydrogen-bond acceptors (Lipinski definition) is 3. The first-order valence-electron chi connectivity index (χ1n) is 7.29. The zero-order valence-electron chi connectivity index (χ0n) is 11.5. The summed E-state index contributed by atoms with van der Waals surface area (Å²) in [6.45, 7) is 3.16. The van der Waals surface area contributed by atoms with Crippen LogP contribution in [0, 0.1) is 5.92 Å². The van der Waals surface area contributed by atoms with Gasteiger partial charge in [0.05, 0.1) is 0 Å². The number of likely N-dealkylation sites (tertiary alicyclic amines) is 1.